The number of ether oxygens (including phenoxy) is 1. The molecule has 0 unspecified atom stereocenters. The van der Waals surface area contributed by atoms with Crippen LogP contribution < -0.4 is 4.74 Å². The first-order chi connectivity index (χ1) is 10.3. The van der Waals surface area contributed by atoms with Crippen LogP contribution in [0.15, 0.2) is 18.2 Å². The average Bonchev–Trinajstić information content (AvgIpc) is 2.42. The normalized spacial score (nSPS) is 10.6. The predicted octanol–water partition coefficient (Wildman–Crippen LogP) is 2.78. The van der Waals surface area contributed by atoms with Gasteiger partial charge in [-0.1, -0.05) is 12.1 Å². The second kappa shape index (κ2) is 8.41. The lowest BCUT2D eigenvalue weighted by Gasteiger charge is -2.26. The summed E-state index contributed by atoms with van der Waals surface area (Å²) < 4.78 is 5.68. The van der Waals surface area contributed by atoms with Crippen LogP contribution >= 0.6 is 0 Å². The van der Waals surface area contributed by atoms with Gasteiger partial charge in [0.25, 0.3) is 0 Å². The van der Waals surface area contributed by atoms with Crippen molar-refractivity contribution in [1.82, 2.24) is 4.90 Å². The number of rotatable bonds is 8. The lowest BCUT2D eigenvalue weighted by Crippen LogP contribution is -2.39. The maximum atomic E-state index is 12.2. The lowest BCUT2D eigenvalue weighted by molar-refractivity contribution is -0.139. The van der Waals surface area contributed by atoms with Crippen molar-refractivity contribution < 1.29 is 19.4 Å². The molecular weight excluding hydrogens is 282 g/mol. The molecule has 5 heteroatoms. The third kappa shape index (κ3) is 5.76. The van der Waals surface area contributed by atoms with Crippen molar-refractivity contribution >= 4 is 11.9 Å². The van der Waals surface area contributed by atoms with E-state index in [4.69, 9.17) is 9.84 Å². The van der Waals surface area contributed by atoms with E-state index in [1.807, 2.05) is 45.9 Å². The summed E-state index contributed by atoms with van der Waals surface area (Å²) >= 11 is 0. The molecule has 0 aliphatic carbocycles. The standard InChI is InChI=1S/C17H25NO4/c1-12(2)18(9-7-17(20)21)16(19)8-10-22-15-11-13(3)5-6-14(15)4/h5-6,11-12H,7-10H2,1-4H3,(H,20,21). The van der Waals surface area contributed by atoms with Gasteiger partial charge >= 0.3 is 5.97 Å². The van der Waals surface area contributed by atoms with E-state index in [0.717, 1.165) is 16.9 Å². The summed E-state index contributed by atoms with van der Waals surface area (Å²) in [5, 5.41) is 8.74. The van der Waals surface area contributed by atoms with Crippen LogP contribution in [0.5, 0.6) is 5.75 Å². The highest BCUT2D eigenvalue weighted by molar-refractivity contribution is 5.77. The van der Waals surface area contributed by atoms with Crippen LogP contribution in [-0.4, -0.2) is 41.1 Å². The predicted molar refractivity (Wildman–Crippen MR) is 85.1 cm³/mol. The number of carboxylic acids is 1. The van der Waals surface area contributed by atoms with Gasteiger partial charge in [-0.15, -0.1) is 0 Å². The zero-order valence-corrected chi connectivity index (χ0v) is 13.8. The number of aryl methyl sites for hydroxylation is 2. The number of aliphatic carboxylic acids is 1. The van der Waals surface area contributed by atoms with E-state index in [-0.39, 0.29) is 31.3 Å². The Morgan fingerprint density at radius 2 is 1.91 bits per heavy atom. The van der Waals surface area contributed by atoms with E-state index in [1.165, 1.54) is 0 Å². The van der Waals surface area contributed by atoms with Gasteiger partial charge in [0.1, 0.15) is 5.75 Å². The van der Waals surface area contributed by atoms with Gasteiger partial charge in [-0.2, -0.15) is 0 Å². The first-order valence-electron chi connectivity index (χ1n) is 7.52. The summed E-state index contributed by atoms with van der Waals surface area (Å²) in [7, 11) is 0. The Hall–Kier alpha value is -2.04. The van der Waals surface area contributed by atoms with Gasteiger partial charge < -0.3 is 14.7 Å². The highest BCUT2D eigenvalue weighted by Gasteiger charge is 2.17. The minimum Gasteiger partial charge on any atom is -0.493 e. The molecule has 0 radical (unpaired) electrons. The van der Waals surface area contributed by atoms with Gasteiger partial charge in [-0.05, 0) is 44.9 Å². The maximum Gasteiger partial charge on any atom is 0.305 e. The average molecular weight is 307 g/mol. The van der Waals surface area contributed by atoms with Gasteiger partial charge in [0, 0.05) is 12.6 Å². The molecule has 1 rings (SSSR count). The number of amides is 1. The van der Waals surface area contributed by atoms with Crippen LogP contribution in [0.2, 0.25) is 0 Å². The molecule has 1 amide bonds. The number of hydrogen-bond acceptors (Lipinski definition) is 3. The molecule has 0 saturated heterocycles. The number of nitrogens with zero attached hydrogens (tertiary/aromatic N) is 1. The Morgan fingerprint density at radius 3 is 2.50 bits per heavy atom. The van der Waals surface area contributed by atoms with Crippen molar-refractivity contribution in [3.63, 3.8) is 0 Å². The van der Waals surface area contributed by atoms with E-state index >= 15 is 0 Å². The van der Waals surface area contributed by atoms with Gasteiger partial charge in [0.15, 0.2) is 0 Å². The van der Waals surface area contributed by atoms with Crippen LogP contribution in [0, 0.1) is 13.8 Å². The molecule has 22 heavy (non-hydrogen) atoms. The van der Waals surface area contributed by atoms with E-state index in [9.17, 15) is 9.59 Å². The molecular formula is C17H25NO4. The molecule has 1 aromatic carbocycles. The summed E-state index contributed by atoms with van der Waals surface area (Å²) in [5.41, 5.74) is 2.14. The van der Waals surface area contributed by atoms with Gasteiger partial charge in [0.2, 0.25) is 5.91 Å². The van der Waals surface area contributed by atoms with Crippen LogP contribution in [0.25, 0.3) is 0 Å². The van der Waals surface area contributed by atoms with Crippen molar-refractivity contribution in [2.45, 2.75) is 46.6 Å². The molecule has 0 aromatic heterocycles. The van der Waals surface area contributed by atoms with Crippen LogP contribution in [0.1, 0.15) is 37.8 Å². The highest BCUT2D eigenvalue weighted by atomic mass is 16.5. The molecule has 122 valence electrons. The smallest absolute Gasteiger partial charge is 0.305 e. The largest absolute Gasteiger partial charge is 0.493 e. The molecule has 0 spiro atoms. The lowest BCUT2D eigenvalue weighted by atomic mass is 10.1. The Morgan fingerprint density at radius 1 is 1.23 bits per heavy atom. The summed E-state index contributed by atoms with van der Waals surface area (Å²) in [6.07, 6.45) is 0.201. The molecule has 0 saturated carbocycles. The topological polar surface area (TPSA) is 66.8 Å². The first kappa shape index (κ1) is 18.0. The van der Waals surface area contributed by atoms with Crippen molar-refractivity contribution in [3.05, 3.63) is 29.3 Å². The highest BCUT2D eigenvalue weighted by Crippen LogP contribution is 2.19. The van der Waals surface area contributed by atoms with E-state index in [2.05, 4.69) is 0 Å². The van der Waals surface area contributed by atoms with Crippen LogP contribution in [0.3, 0.4) is 0 Å². The van der Waals surface area contributed by atoms with E-state index in [0.29, 0.717) is 6.61 Å². The quantitative estimate of drug-likeness (QED) is 0.802. The SMILES string of the molecule is Cc1ccc(C)c(OCCC(=O)N(CCC(=O)O)C(C)C)c1. The Balaban J connectivity index is 2.52. The Kier molecular flexibility index (Phi) is 6.89. The van der Waals surface area contributed by atoms with Crippen molar-refractivity contribution in [2.75, 3.05) is 13.2 Å². The summed E-state index contributed by atoms with van der Waals surface area (Å²) in [4.78, 5) is 24.4. The van der Waals surface area contributed by atoms with Gasteiger partial charge in [-0.3, -0.25) is 9.59 Å². The zero-order valence-electron chi connectivity index (χ0n) is 13.8. The number of carbonyl (C=O) groups is 2. The number of carboxylic acid groups (broad SMARTS) is 1. The molecule has 0 aliphatic heterocycles. The molecule has 0 atom stereocenters. The van der Waals surface area contributed by atoms with Crippen LogP contribution in [0.4, 0.5) is 0 Å². The first-order valence-corrected chi connectivity index (χ1v) is 7.52. The van der Waals surface area contributed by atoms with Crippen molar-refractivity contribution in [1.29, 1.82) is 0 Å². The van der Waals surface area contributed by atoms with Crippen molar-refractivity contribution in [2.24, 2.45) is 0 Å². The Labute approximate surface area is 131 Å². The molecule has 0 fully saturated rings. The van der Waals surface area contributed by atoms with Crippen molar-refractivity contribution in [3.8, 4) is 5.75 Å². The summed E-state index contributed by atoms with van der Waals surface area (Å²) in [5.74, 6) is -0.193. The molecule has 1 aromatic rings. The molecule has 0 heterocycles. The zero-order chi connectivity index (χ0) is 16.7. The third-order valence-corrected chi connectivity index (χ3v) is 3.43. The monoisotopic (exact) mass is 307 g/mol. The van der Waals surface area contributed by atoms with E-state index < -0.39 is 5.97 Å². The number of carbonyl (C=O) groups excluding carboxylic acids is 1. The fraction of sp³-hybridized carbons (Fsp3) is 0.529. The molecule has 0 bridgehead atoms. The van der Waals surface area contributed by atoms with Gasteiger partial charge in [0.05, 0.1) is 19.4 Å². The summed E-state index contributed by atoms with van der Waals surface area (Å²) in [6.45, 7) is 8.24. The molecule has 5 nitrogen and oxygen atoms in total. The second-order valence-electron chi connectivity index (χ2n) is 5.69. The van der Waals surface area contributed by atoms with E-state index in [1.54, 1.807) is 4.90 Å². The summed E-state index contributed by atoms with van der Waals surface area (Å²) in [6, 6.07) is 5.93. The minimum atomic E-state index is -0.898. The number of hydrogen-bond donors (Lipinski definition) is 1. The second-order valence-corrected chi connectivity index (χ2v) is 5.69. The third-order valence-electron chi connectivity index (χ3n) is 3.43. The van der Waals surface area contributed by atoms with Gasteiger partial charge in [-0.25, -0.2) is 0 Å². The fourth-order valence-corrected chi connectivity index (χ4v) is 2.14. The minimum absolute atomic E-state index is 0.0208. The fourth-order valence-electron chi connectivity index (χ4n) is 2.14. The Bertz CT molecular complexity index is 525. The molecule has 0 aliphatic rings. The number of benzene rings is 1. The maximum absolute atomic E-state index is 12.2. The van der Waals surface area contributed by atoms with Crippen LogP contribution in [-0.2, 0) is 9.59 Å². The molecule has 1 N–H and O–H groups in total.